The maximum Gasteiger partial charge on any atom is 0.227 e. The first kappa shape index (κ1) is 19.7. The second-order valence-electron chi connectivity index (χ2n) is 7.22. The number of benzene rings is 1. The van der Waals surface area contributed by atoms with Crippen molar-refractivity contribution in [3.63, 3.8) is 0 Å². The molecule has 2 heteroatoms. The maximum atomic E-state index is 12.4. The average Bonchev–Trinajstić information content (AvgIpc) is 2.54. The topological polar surface area (TPSA) is 29.1 Å². The van der Waals surface area contributed by atoms with Crippen LogP contribution in [-0.2, 0) is 11.2 Å². The fourth-order valence-electron chi connectivity index (χ4n) is 2.91. The molecule has 0 saturated carbocycles. The zero-order chi connectivity index (χ0) is 17.2. The molecule has 1 amide bonds. The van der Waals surface area contributed by atoms with Crippen LogP contribution in [0.5, 0.6) is 0 Å². The molecular formula is C21H35NO. The van der Waals surface area contributed by atoms with E-state index in [2.05, 4.69) is 57.3 Å². The zero-order valence-electron chi connectivity index (χ0n) is 15.7. The predicted molar refractivity (Wildman–Crippen MR) is 99.7 cm³/mol. The van der Waals surface area contributed by atoms with Crippen LogP contribution in [0.2, 0.25) is 0 Å². The largest absolute Gasteiger partial charge is 0.355 e. The van der Waals surface area contributed by atoms with E-state index in [1.807, 2.05) is 6.92 Å². The van der Waals surface area contributed by atoms with Gasteiger partial charge in [-0.1, -0.05) is 71.2 Å². The molecule has 130 valence electrons. The van der Waals surface area contributed by atoms with Gasteiger partial charge in [0.05, 0.1) is 5.92 Å². The molecule has 2 atom stereocenters. The summed E-state index contributed by atoms with van der Waals surface area (Å²) < 4.78 is 0. The van der Waals surface area contributed by atoms with Crippen LogP contribution in [0, 0.1) is 11.8 Å². The normalized spacial score (nSPS) is 13.8. The van der Waals surface area contributed by atoms with Gasteiger partial charge >= 0.3 is 0 Å². The van der Waals surface area contributed by atoms with E-state index in [1.165, 1.54) is 24.8 Å². The second kappa shape index (κ2) is 10.5. The Balaban J connectivity index is 2.52. The van der Waals surface area contributed by atoms with Crippen molar-refractivity contribution >= 4 is 5.91 Å². The Morgan fingerprint density at radius 2 is 1.74 bits per heavy atom. The van der Waals surface area contributed by atoms with E-state index in [-0.39, 0.29) is 11.8 Å². The molecular weight excluding hydrogens is 282 g/mol. The van der Waals surface area contributed by atoms with Gasteiger partial charge in [0, 0.05) is 6.54 Å². The van der Waals surface area contributed by atoms with Crippen LogP contribution < -0.4 is 5.32 Å². The fraction of sp³-hybridized carbons (Fsp3) is 0.667. The molecule has 0 aromatic heterocycles. The van der Waals surface area contributed by atoms with E-state index in [9.17, 15) is 4.79 Å². The molecule has 0 aliphatic rings. The van der Waals surface area contributed by atoms with Crippen molar-refractivity contribution in [2.75, 3.05) is 6.54 Å². The molecule has 0 spiro atoms. The van der Waals surface area contributed by atoms with E-state index >= 15 is 0 Å². The summed E-state index contributed by atoms with van der Waals surface area (Å²) in [7, 11) is 0. The molecule has 1 aromatic rings. The average molecular weight is 318 g/mol. The lowest BCUT2D eigenvalue weighted by Gasteiger charge is -2.18. The Kier molecular flexibility index (Phi) is 8.98. The maximum absolute atomic E-state index is 12.4. The summed E-state index contributed by atoms with van der Waals surface area (Å²) in [4.78, 5) is 12.4. The summed E-state index contributed by atoms with van der Waals surface area (Å²) in [5.41, 5.74) is 2.46. The zero-order valence-corrected chi connectivity index (χ0v) is 15.7. The van der Waals surface area contributed by atoms with Crippen LogP contribution in [-0.4, -0.2) is 12.5 Å². The lowest BCUT2D eigenvalue weighted by molar-refractivity contribution is -0.122. The summed E-state index contributed by atoms with van der Waals surface area (Å²) in [5.74, 6) is 1.35. The molecule has 0 aliphatic carbocycles. The van der Waals surface area contributed by atoms with Crippen molar-refractivity contribution in [1.82, 2.24) is 5.32 Å². The van der Waals surface area contributed by atoms with Gasteiger partial charge < -0.3 is 5.32 Å². The molecule has 2 nitrogen and oxygen atoms in total. The predicted octanol–water partition coefficient (Wildman–Crippen LogP) is 5.32. The highest BCUT2D eigenvalue weighted by molar-refractivity contribution is 5.83. The van der Waals surface area contributed by atoms with Crippen LogP contribution in [0.1, 0.15) is 77.3 Å². The number of unbranched alkanes of at least 4 members (excludes halogenated alkanes) is 1. The molecule has 0 unspecified atom stereocenters. The Morgan fingerprint density at radius 1 is 1.09 bits per heavy atom. The van der Waals surface area contributed by atoms with Gasteiger partial charge in [-0.15, -0.1) is 0 Å². The van der Waals surface area contributed by atoms with Crippen molar-refractivity contribution in [2.24, 2.45) is 11.8 Å². The summed E-state index contributed by atoms with van der Waals surface area (Å²) in [6.07, 6.45) is 5.92. The molecule has 0 heterocycles. The van der Waals surface area contributed by atoms with Crippen LogP contribution in [0.3, 0.4) is 0 Å². The van der Waals surface area contributed by atoms with Gasteiger partial charge in [0.15, 0.2) is 0 Å². The van der Waals surface area contributed by atoms with E-state index in [1.54, 1.807) is 0 Å². The first-order chi connectivity index (χ1) is 11.0. The number of hydrogen-bond donors (Lipinski definition) is 1. The van der Waals surface area contributed by atoms with Gasteiger partial charge in [-0.25, -0.2) is 0 Å². The van der Waals surface area contributed by atoms with E-state index in [0.29, 0.717) is 11.8 Å². The third-order valence-corrected chi connectivity index (χ3v) is 4.63. The molecule has 1 N–H and O–H groups in total. The van der Waals surface area contributed by atoms with Crippen LogP contribution in [0.25, 0.3) is 0 Å². The van der Waals surface area contributed by atoms with Gasteiger partial charge in [0.1, 0.15) is 0 Å². The highest BCUT2D eigenvalue weighted by Gasteiger charge is 2.16. The van der Waals surface area contributed by atoms with Crippen molar-refractivity contribution in [1.29, 1.82) is 0 Å². The Labute approximate surface area is 143 Å². The van der Waals surface area contributed by atoms with Gasteiger partial charge in [-0.05, 0) is 42.7 Å². The number of hydrogen-bond acceptors (Lipinski definition) is 1. The minimum Gasteiger partial charge on any atom is -0.355 e. The molecule has 1 aromatic carbocycles. The Bertz CT molecular complexity index is 449. The molecule has 0 bridgehead atoms. The van der Waals surface area contributed by atoms with Crippen molar-refractivity contribution in [3.05, 3.63) is 35.4 Å². The SMILES string of the molecule is CCCC[C@H](CC)CNC(=O)[C@@H](C)c1ccc(CC(C)C)cc1. The van der Waals surface area contributed by atoms with Crippen molar-refractivity contribution in [3.8, 4) is 0 Å². The van der Waals surface area contributed by atoms with Crippen molar-refractivity contribution in [2.45, 2.75) is 72.6 Å². The van der Waals surface area contributed by atoms with E-state index < -0.39 is 0 Å². The first-order valence-corrected chi connectivity index (χ1v) is 9.34. The minimum atomic E-state index is -0.0771. The molecule has 0 aliphatic heterocycles. The lowest BCUT2D eigenvalue weighted by Crippen LogP contribution is -2.32. The lowest BCUT2D eigenvalue weighted by atomic mass is 9.95. The van der Waals surface area contributed by atoms with E-state index in [4.69, 9.17) is 0 Å². The number of carbonyl (C=O) groups excluding carboxylic acids is 1. The van der Waals surface area contributed by atoms with Gasteiger partial charge in [0.25, 0.3) is 0 Å². The number of carbonyl (C=O) groups is 1. The Morgan fingerprint density at radius 3 is 2.26 bits per heavy atom. The number of rotatable bonds is 10. The fourth-order valence-corrected chi connectivity index (χ4v) is 2.91. The standard InChI is InChI=1S/C21H35NO/c1-6-8-9-18(7-2)15-22-21(23)17(5)20-12-10-19(11-13-20)14-16(3)4/h10-13,16-18H,6-9,14-15H2,1-5H3,(H,22,23)/t17-,18-/m0/s1. The molecule has 0 fully saturated rings. The molecule has 0 saturated heterocycles. The monoisotopic (exact) mass is 317 g/mol. The van der Waals surface area contributed by atoms with E-state index in [0.717, 1.165) is 24.9 Å². The van der Waals surface area contributed by atoms with Crippen LogP contribution >= 0.6 is 0 Å². The highest BCUT2D eigenvalue weighted by Crippen LogP contribution is 2.18. The van der Waals surface area contributed by atoms with Crippen LogP contribution in [0.15, 0.2) is 24.3 Å². The number of nitrogens with one attached hydrogen (secondary N) is 1. The highest BCUT2D eigenvalue weighted by atomic mass is 16.1. The van der Waals surface area contributed by atoms with Gasteiger partial charge in [-0.2, -0.15) is 0 Å². The summed E-state index contributed by atoms with van der Waals surface area (Å²) in [6, 6.07) is 8.54. The third-order valence-electron chi connectivity index (χ3n) is 4.63. The first-order valence-electron chi connectivity index (χ1n) is 9.34. The summed E-state index contributed by atoms with van der Waals surface area (Å²) in [5, 5.41) is 3.15. The molecule has 1 rings (SSSR count). The smallest absolute Gasteiger partial charge is 0.227 e. The molecule has 23 heavy (non-hydrogen) atoms. The summed E-state index contributed by atoms with van der Waals surface area (Å²) >= 11 is 0. The Hall–Kier alpha value is -1.31. The summed E-state index contributed by atoms with van der Waals surface area (Å²) in [6.45, 7) is 11.7. The third kappa shape index (κ3) is 7.20. The quantitative estimate of drug-likeness (QED) is 0.621. The molecule has 0 radical (unpaired) electrons. The van der Waals surface area contributed by atoms with Crippen molar-refractivity contribution < 1.29 is 4.79 Å². The van der Waals surface area contributed by atoms with Gasteiger partial charge in [-0.3, -0.25) is 4.79 Å². The number of amides is 1. The second-order valence-corrected chi connectivity index (χ2v) is 7.22. The van der Waals surface area contributed by atoms with Crippen LogP contribution in [0.4, 0.5) is 0 Å². The van der Waals surface area contributed by atoms with Gasteiger partial charge in [0.2, 0.25) is 5.91 Å². The minimum absolute atomic E-state index is 0.0771.